The minimum Gasteiger partial charge on any atom is -0.497 e. The fourth-order valence-electron chi connectivity index (χ4n) is 3.63. The number of hydrogen-bond acceptors (Lipinski definition) is 6. The molecule has 0 unspecified atom stereocenters. The van der Waals surface area contributed by atoms with E-state index in [1.54, 1.807) is 25.6 Å². The highest BCUT2D eigenvalue weighted by molar-refractivity contribution is 7.18. The van der Waals surface area contributed by atoms with Crippen LogP contribution in [0.3, 0.4) is 0 Å². The zero-order valence-electron chi connectivity index (χ0n) is 16.8. The molecule has 3 aromatic rings. The van der Waals surface area contributed by atoms with E-state index in [9.17, 15) is 4.79 Å². The quantitative estimate of drug-likeness (QED) is 0.624. The normalized spacial score (nSPS) is 14.9. The van der Waals surface area contributed by atoms with Gasteiger partial charge in [-0.2, -0.15) is 0 Å². The summed E-state index contributed by atoms with van der Waals surface area (Å²) in [4.78, 5) is 21.8. The van der Waals surface area contributed by atoms with Gasteiger partial charge >= 0.3 is 0 Å². The third kappa shape index (κ3) is 4.52. The molecule has 0 aliphatic carbocycles. The van der Waals surface area contributed by atoms with E-state index in [1.807, 2.05) is 35.2 Å². The summed E-state index contributed by atoms with van der Waals surface area (Å²) in [6.45, 7) is 4.02. The topological polar surface area (TPSA) is 54.9 Å². The van der Waals surface area contributed by atoms with Crippen LogP contribution in [0.1, 0.15) is 10.6 Å². The van der Waals surface area contributed by atoms with Crippen molar-refractivity contribution in [3.8, 4) is 11.5 Å². The fraction of sp³-hybridized carbons (Fsp3) is 0.364. The van der Waals surface area contributed by atoms with Gasteiger partial charge in [0.2, 0.25) is 5.91 Å². The molecule has 2 aromatic carbocycles. The zero-order valence-corrected chi connectivity index (χ0v) is 17.6. The van der Waals surface area contributed by atoms with Crippen molar-refractivity contribution in [2.45, 2.75) is 13.0 Å². The van der Waals surface area contributed by atoms with Gasteiger partial charge in [-0.25, -0.2) is 4.98 Å². The summed E-state index contributed by atoms with van der Waals surface area (Å²) in [5, 5.41) is 1.13. The summed E-state index contributed by atoms with van der Waals surface area (Å²) >= 11 is 1.75. The second-order valence-electron chi connectivity index (χ2n) is 7.09. The second kappa shape index (κ2) is 8.80. The van der Waals surface area contributed by atoms with Gasteiger partial charge in [-0.3, -0.25) is 9.69 Å². The Kier molecular flexibility index (Phi) is 5.97. The van der Waals surface area contributed by atoms with Crippen LogP contribution in [-0.2, 0) is 17.8 Å². The van der Waals surface area contributed by atoms with Crippen LogP contribution in [0.5, 0.6) is 11.5 Å². The first-order chi connectivity index (χ1) is 14.2. The maximum Gasteiger partial charge on any atom is 0.227 e. The maximum atomic E-state index is 12.8. The Bertz CT molecular complexity index is 963. The molecule has 0 atom stereocenters. The average Bonchev–Trinajstić information content (AvgIpc) is 3.16. The molecule has 1 fully saturated rings. The van der Waals surface area contributed by atoms with Gasteiger partial charge in [0.15, 0.2) is 0 Å². The van der Waals surface area contributed by atoms with E-state index < -0.39 is 0 Å². The van der Waals surface area contributed by atoms with E-state index in [4.69, 9.17) is 14.5 Å². The molecule has 1 amide bonds. The van der Waals surface area contributed by atoms with E-state index in [0.29, 0.717) is 12.2 Å². The van der Waals surface area contributed by atoms with Gasteiger partial charge in [0.25, 0.3) is 0 Å². The van der Waals surface area contributed by atoms with E-state index in [-0.39, 0.29) is 5.91 Å². The standard InChI is InChI=1S/C22H25N3O3S/c1-27-17-7-8-19(28-2)16(13-17)14-22(26)25-11-9-24(10-12-25)15-21-23-18-5-3-4-6-20(18)29-21/h3-8,13H,9-12,14-15H2,1-2H3. The number of thiazole rings is 1. The number of fused-ring (bicyclic) bond motifs is 1. The van der Waals surface area contributed by atoms with Crippen LogP contribution in [0.15, 0.2) is 42.5 Å². The Balaban J connectivity index is 1.34. The van der Waals surface area contributed by atoms with E-state index in [2.05, 4.69) is 17.0 Å². The molecule has 1 aliphatic heterocycles. The summed E-state index contributed by atoms with van der Waals surface area (Å²) in [7, 11) is 3.24. The van der Waals surface area contributed by atoms with Crippen molar-refractivity contribution in [3.05, 3.63) is 53.0 Å². The minimum absolute atomic E-state index is 0.121. The lowest BCUT2D eigenvalue weighted by Crippen LogP contribution is -2.48. The zero-order chi connectivity index (χ0) is 20.2. The molecule has 0 spiro atoms. The van der Waals surface area contributed by atoms with E-state index >= 15 is 0 Å². The number of methoxy groups -OCH3 is 2. The number of para-hydroxylation sites is 1. The highest BCUT2D eigenvalue weighted by Gasteiger charge is 2.23. The van der Waals surface area contributed by atoms with Crippen LogP contribution in [0.25, 0.3) is 10.2 Å². The first-order valence-corrected chi connectivity index (χ1v) is 10.5. The Morgan fingerprint density at radius 3 is 2.59 bits per heavy atom. The Hall–Kier alpha value is -2.64. The van der Waals surface area contributed by atoms with Crippen molar-refractivity contribution in [1.82, 2.24) is 14.8 Å². The fourth-order valence-corrected chi connectivity index (χ4v) is 4.64. The van der Waals surface area contributed by atoms with Gasteiger partial charge in [-0.1, -0.05) is 12.1 Å². The number of nitrogens with zero attached hydrogens (tertiary/aromatic N) is 3. The summed E-state index contributed by atoms with van der Waals surface area (Å²) in [6.07, 6.45) is 0.318. The maximum absolute atomic E-state index is 12.8. The summed E-state index contributed by atoms with van der Waals surface area (Å²) in [6, 6.07) is 13.8. The first-order valence-electron chi connectivity index (χ1n) is 9.72. The van der Waals surface area contributed by atoms with Gasteiger partial charge in [0.05, 0.1) is 37.4 Å². The molecule has 152 valence electrons. The molecule has 0 radical (unpaired) electrons. The van der Waals surface area contributed by atoms with Gasteiger partial charge < -0.3 is 14.4 Å². The number of piperazine rings is 1. The van der Waals surface area contributed by atoms with Crippen molar-refractivity contribution < 1.29 is 14.3 Å². The minimum atomic E-state index is 0.121. The van der Waals surface area contributed by atoms with Crippen molar-refractivity contribution in [3.63, 3.8) is 0 Å². The second-order valence-corrected chi connectivity index (χ2v) is 8.20. The smallest absolute Gasteiger partial charge is 0.227 e. The van der Waals surface area contributed by atoms with Crippen molar-refractivity contribution in [2.24, 2.45) is 0 Å². The number of carbonyl (C=O) groups is 1. The van der Waals surface area contributed by atoms with Gasteiger partial charge in [-0.15, -0.1) is 11.3 Å². The average molecular weight is 412 g/mol. The molecule has 2 heterocycles. The summed E-state index contributed by atoms with van der Waals surface area (Å²) in [5.41, 5.74) is 1.92. The Morgan fingerprint density at radius 1 is 1.07 bits per heavy atom. The number of rotatable bonds is 6. The van der Waals surface area contributed by atoms with E-state index in [1.165, 1.54) is 4.70 Å². The Labute approximate surface area is 174 Å². The number of benzene rings is 2. The lowest BCUT2D eigenvalue weighted by Gasteiger charge is -2.34. The number of carbonyl (C=O) groups excluding carboxylic acids is 1. The predicted octanol–water partition coefficient (Wildman–Crippen LogP) is 3.20. The molecule has 1 aliphatic rings. The van der Waals surface area contributed by atoms with Crippen LogP contribution in [0.2, 0.25) is 0 Å². The van der Waals surface area contributed by atoms with Gasteiger partial charge in [0, 0.05) is 31.7 Å². The molecule has 7 heteroatoms. The molecule has 0 saturated carbocycles. The van der Waals surface area contributed by atoms with Crippen molar-refractivity contribution >= 4 is 27.5 Å². The van der Waals surface area contributed by atoms with Gasteiger partial charge in [0.1, 0.15) is 16.5 Å². The largest absolute Gasteiger partial charge is 0.497 e. The van der Waals surface area contributed by atoms with Gasteiger partial charge in [-0.05, 0) is 30.3 Å². The lowest BCUT2D eigenvalue weighted by atomic mass is 10.1. The molecule has 6 nitrogen and oxygen atoms in total. The monoisotopic (exact) mass is 411 g/mol. The van der Waals surface area contributed by atoms with Crippen molar-refractivity contribution in [1.29, 1.82) is 0 Å². The van der Waals surface area contributed by atoms with Crippen LogP contribution >= 0.6 is 11.3 Å². The SMILES string of the molecule is COc1ccc(OC)c(CC(=O)N2CCN(Cc3nc4ccccc4s3)CC2)c1. The first kappa shape index (κ1) is 19.7. The number of ether oxygens (including phenoxy) is 2. The molecule has 4 rings (SSSR count). The van der Waals surface area contributed by atoms with Crippen LogP contribution in [-0.4, -0.2) is 61.1 Å². The molecule has 1 saturated heterocycles. The predicted molar refractivity (Wildman–Crippen MR) is 115 cm³/mol. The number of hydrogen-bond donors (Lipinski definition) is 0. The molecular formula is C22H25N3O3S. The van der Waals surface area contributed by atoms with Crippen LogP contribution < -0.4 is 9.47 Å². The third-order valence-electron chi connectivity index (χ3n) is 5.25. The van der Waals surface area contributed by atoms with E-state index in [0.717, 1.165) is 54.6 Å². The number of aromatic nitrogens is 1. The highest BCUT2D eigenvalue weighted by atomic mass is 32.1. The number of amides is 1. The van der Waals surface area contributed by atoms with Crippen molar-refractivity contribution in [2.75, 3.05) is 40.4 Å². The highest BCUT2D eigenvalue weighted by Crippen LogP contribution is 2.26. The summed E-state index contributed by atoms with van der Waals surface area (Å²) in [5.74, 6) is 1.57. The Morgan fingerprint density at radius 2 is 1.86 bits per heavy atom. The van der Waals surface area contributed by atoms with Crippen LogP contribution in [0, 0.1) is 0 Å². The molecule has 0 N–H and O–H groups in total. The molecule has 29 heavy (non-hydrogen) atoms. The summed E-state index contributed by atoms with van der Waals surface area (Å²) < 4.78 is 11.9. The molecule has 0 bridgehead atoms. The molecular weight excluding hydrogens is 386 g/mol. The lowest BCUT2D eigenvalue weighted by molar-refractivity contribution is -0.132. The van der Waals surface area contributed by atoms with Crippen LogP contribution in [0.4, 0.5) is 0 Å². The third-order valence-corrected chi connectivity index (χ3v) is 6.27. The molecule has 1 aromatic heterocycles.